The van der Waals surface area contributed by atoms with Crippen molar-refractivity contribution in [2.45, 2.75) is 109 Å². The van der Waals surface area contributed by atoms with Gasteiger partial charge in [0.2, 0.25) is 10.0 Å². The molecule has 172 valence electrons. The number of benzene rings is 1. The molecule has 0 saturated heterocycles. The van der Waals surface area contributed by atoms with E-state index < -0.39 is 10.0 Å². The lowest BCUT2D eigenvalue weighted by molar-refractivity contribution is 0.101. The molecule has 0 amide bonds. The molecule has 1 aromatic rings. The Hall–Kier alpha value is -1.40. The smallest absolute Gasteiger partial charge is 0.241 e. The van der Waals surface area contributed by atoms with E-state index in [9.17, 15) is 13.2 Å². The van der Waals surface area contributed by atoms with E-state index in [1.54, 1.807) is 0 Å². The van der Waals surface area contributed by atoms with Crippen molar-refractivity contribution in [1.82, 2.24) is 4.72 Å². The highest BCUT2D eigenvalue weighted by Crippen LogP contribution is 2.19. The van der Waals surface area contributed by atoms with E-state index >= 15 is 0 Å². The third-order valence-electron chi connectivity index (χ3n) is 5.49. The number of rotatable bonds is 18. The topological polar surface area (TPSA) is 89.3 Å². The van der Waals surface area contributed by atoms with Crippen LogP contribution in [0.3, 0.4) is 0 Å². The highest BCUT2D eigenvalue weighted by molar-refractivity contribution is 7.89. The van der Waals surface area contributed by atoms with Gasteiger partial charge in [-0.15, -0.1) is 0 Å². The molecule has 0 aliphatic rings. The third kappa shape index (κ3) is 11.1. The fraction of sp³-hybridized carbons (Fsp3) is 0.708. The predicted octanol–water partition coefficient (Wildman–Crippen LogP) is 6.23. The zero-order valence-corrected chi connectivity index (χ0v) is 19.9. The molecule has 0 radical (unpaired) electrons. The fourth-order valence-corrected chi connectivity index (χ4v) is 4.97. The summed E-state index contributed by atoms with van der Waals surface area (Å²) in [5.74, 6) is -0.306. The SMILES string of the molecule is CCCCCCCCCCCCCCCCNS(=O)(=O)c1ccc(N)cc1C(C)=O. The van der Waals surface area contributed by atoms with Gasteiger partial charge in [-0.3, -0.25) is 4.79 Å². The first-order chi connectivity index (χ1) is 14.4. The summed E-state index contributed by atoms with van der Waals surface area (Å²) in [4.78, 5) is 11.7. The van der Waals surface area contributed by atoms with Crippen molar-refractivity contribution in [2.24, 2.45) is 0 Å². The maximum atomic E-state index is 12.5. The summed E-state index contributed by atoms with van der Waals surface area (Å²) in [5.41, 5.74) is 6.20. The van der Waals surface area contributed by atoms with Gasteiger partial charge in [0.25, 0.3) is 0 Å². The van der Waals surface area contributed by atoms with Gasteiger partial charge in [-0.1, -0.05) is 90.4 Å². The van der Waals surface area contributed by atoms with E-state index in [4.69, 9.17) is 5.73 Å². The van der Waals surface area contributed by atoms with Crippen LogP contribution < -0.4 is 10.5 Å². The van der Waals surface area contributed by atoms with Crippen molar-refractivity contribution >= 4 is 21.5 Å². The lowest BCUT2D eigenvalue weighted by atomic mass is 10.0. The van der Waals surface area contributed by atoms with Crippen LogP contribution in [0.15, 0.2) is 23.1 Å². The summed E-state index contributed by atoms with van der Waals surface area (Å²) < 4.78 is 27.6. The Labute approximate surface area is 184 Å². The number of sulfonamides is 1. The van der Waals surface area contributed by atoms with Crippen molar-refractivity contribution in [1.29, 1.82) is 0 Å². The molecule has 5 nitrogen and oxygen atoms in total. The molecule has 0 aliphatic heterocycles. The van der Waals surface area contributed by atoms with Gasteiger partial charge in [0.1, 0.15) is 0 Å². The highest BCUT2D eigenvalue weighted by Gasteiger charge is 2.20. The molecule has 30 heavy (non-hydrogen) atoms. The van der Waals surface area contributed by atoms with Gasteiger partial charge in [-0.25, -0.2) is 13.1 Å². The first-order valence-electron chi connectivity index (χ1n) is 11.8. The van der Waals surface area contributed by atoms with Crippen molar-refractivity contribution in [3.63, 3.8) is 0 Å². The Morgan fingerprint density at radius 2 is 1.30 bits per heavy atom. The zero-order valence-electron chi connectivity index (χ0n) is 19.0. The average Bonchev–Trinajstić information content (AvgIpc) is 2.70. The Balaban J connectivity index is 2.10. The molecule has 0 saturated carbocycles. The molecular formula is C24H42N2O3S. The van der Waals surface area contributed by atoms with Crippen molar-refractivity contribution in [3.05, 3.63) is 23.8 Å². The van der Waals surface area contributed by atoms with Gasteiger partial charge < -0.3 is 5.73 Å². The van der Waals surface area contributed by atoms with Crippen LogP contribution in [-0.4, -0.2) is 20.7 Å². The van der Waals surface area contributed by atoms with Crippen LogP contribution in [0.4, 0.5) is 5.69 Å². The second kappa shape index (κ2) is 15.4. The number of carbonyl (C=O) groups is 1. The first kappa shape index (κ1) is 26.6. The van der Waals surface area contributed by atoms with Gasteiger partial charge in [0.05, 0.1) is 4.90 Å². The number of nitrogens with two attached hydrogens (primary N) is 1. The summed E-state index contributed by atoms with van der Waals surface area (Å²) in [6, 6.07) is 4.33. The first-order valence-corrected chi connectivity index (χ1v) is 13.3. The Bertz CT molecular complexity index is 717. The number of nitrogen functional groups attached to an aromatic ring is 1. The van der Waals surface area contributed by atoms with Crippen LogP contribution in [0.2, 0.25) is 0 Å². The molecule has 0 heterocycles. The van der Waals surface area contributed by atoms with E-state index in [2.05, 4.69) is 11.6 Å². The standard InChI is InChI=1S/C24H42N2O3S/c1-3-4-5-6-7-8-9-10-11-12-13-14-15-16-19-26-30(28,29)24-18-17-22(25)20-23(24)21(2)27/h17-18,20,26H,3-16,19,25H2,1-2H3. The van der Waals surface area contributed by atoms with Crippen LogP contribution in [0.25, 0.3) is 0 Å². The van der Waals surface area contributed by atoms with Crippen LogP contribution in [0, 0.1) is 0 Å². The predicted molar refractivity (Wildman–Crippen MR) is 126 cm³/mol. The second-order valence-electron chi connectivity index (χ2n) is 8.31. The molecule has 1 aromatic carbocycles. The van der Waals surface area contributed by atoms with E-state index in [0.717, 1.165) is 19.3 Å². The normalized spacial score (nSPS) is 11.7. The van der Waals surface area contributed by atoms with Crippen molar-refractivity contribution < 1.29 is 13.2 Å². The quantitative estimate of drug-likeness (QED) is 0.161. The van der Waals surface area contributed by atoms with Crippen LogP contribution in [-0.2, 0) is 10.0 Å². The second-order valence-corrected chi connectivity index (χ2v) is 10.0. The third-order valence-corrected chi connectivity index (χ3v) is 7.01. The van der Waals surface area contributed by atoms with Crippen LogP contribution in [0.5, 0.6) is 0 Å². The number of hydrogen-bond donors (Lipinski definition) is 2. The number of ketones is 1. The molecular weight excluding hydrogens is 396 g/mol. The summed E-state index contributed by atoms with van der Waals surface area (Å²) in [6.45, 7) is 3.99. The molecule has 1 rings (SSSR count). The number of nitrogens with one attached hydrogen (secondary N) is 1. The lowest BCUT2D eigenvalue weighted by Gasteiger charge is -2.10. The fourth-order valence-electron chi connectivity index (χ4n) is 3.66. The Morgan fingerprint density at radius 1 is 0.833 bits per heavy atom. The molecule has 0 fully saturated rings. The van der Waals surface area contributed by atoms with E-state index in [1.165, 1.54) is 95.8 Å². The molecule has 0 bridgehead atoms. The molecule has 0 unspecified atom stereocenters. The maximum absolute atomic E-state index is 12.5. The van der Waals surface area contributed by atoms with E-state index in [1.807, 2.05) is 0 Å². The van der Waals surface area contributed by atoms with Crippen molar-refractivity contribution in [2.75, 3.05) is 12.3 Å². The van der Waals surface area contributed by atoms with Gasteiger partial charge in [-0.2, -0.15) is 0 Å². The number of carbonyl (C=O) groups excluding carboxylic acids is 1. The highest BCUT2D eigenvalue weighted by atomic mass is 32.2. The van der Waals surface area contributed by atoms with Crippen LogP contribution >= 0.6 is 0 Å². The lowest BCUT2D eigenvalue weighted by Crippen LogP contribution is -2.26. The number of hydrogen-bond acceptors (Lipinski definition) is 4. The average molecular weight is 439 g/mol. The minimum atomic E-state index is -3.70. The number of unbranched alkanes of at least 4 members (excludes halogenated alkanes) is 13. The number of Topliss-reactive ketones (excluding diaryl/α,β-unsaturated/α-hetero) is 1. The van der Waals surface area contributed by atoms with Crippen molar-refractivity contribution in [3.8, 4) is 0 Å². The summed E-state index contributed by atoms with van der Waals surface area (Å²) >= 11 is 0. The van der Waals surface area contributed by atoms with Gasteiger partial charge >= 0.3 is 0 Å². The largest absolute Gasteiger partial charge is 0.399 e. The monoisotopic (exact) mass is 438 g/mol. The minimum absolute atomic E-state index is 0.00886. The van der Waals surface area contributed by atoms with Gasteiger partial charge in [0, 0.05) is 17.8 Å². The molecule has 3 N–H and O–H groups in total. The zero-order chi connectivity index (χ0) is 22.2. The summed E-state index contributed by atoms with van der Waals surface area (Å²) in [7, 11) is -3.70. The number of anilines is 1. The van der Waals surface area contributed by atoms with E-state index in [0.29, 0.717) is 12.2 Å². The molecule has 6 heteroatoms. The van der Waals surface area contributed by atoms with Gasteiger partial charge in [0.15, 0.2) is 5.78 Å². The maximum Gasteiger partial charge on any atom is 0.241 e. The molecule has 0 aromatic heterocycles. The van der Waals surface area contributed by atoms with E-state index in [-0.39, 0.29) is 16.2 Å². The molecule has 0 aliphatic carbocycles. The minimum Gasteiger partial charge on any atom is -0.399 e. The summed E-state index contributed by atoms with van der Waals surface area (Å²) in [5, 5.41) is 0. The molecule has 0 atom stereocenters. The summed E-state index contributed by atoms with van der Waals surface area (Å²) in [6.07, 6.45) is 17.7. The van der Waals surface area contributed by atoms with Gasteiger partial charge in [-0.05, 0) is 31.5 Å². The van der Waals surface area contributed by atoms with Crippen LogP contribution in [0.1, 0.15) is 114 Å². The Kier molecular flexibility index (Phi) is 13.7. The molecule has 0 spiro atoms. The Morgan fingerprint density at radius 3 is 1.77 bits per heavy atom.